The number of carbonyl (C=O) groups excluding carboxylic acids is 1. The van der Waals surface area contributed by atoms with Gasteiger partial charge in [0, 0.05) is 54.8 Å². The highest BCUT2D eigenvalue weighted by Crippen LogP contribution is 2.43. The number of amides is 1. The number of alkyl halides is 3. The standard InChI is InChI=1S/C24H28F3N6O2P/c1-36(2,35)21-16-4-3-15-17(11-30-20(15)21)19-18(24(25,26)27)12-31-23(32-19)29-8-10-33-9-6-14(13-33)5-7-28-22(16)34/h3-4,11-12,14,30H,5-10,13H2,1-2H3,(H,28,34)(H,29,31,32). The first kappa shape index (κ1) is 24.8. The van der Waals surface area contributed by atoms with Crippen LogP contribution in [0.2, 0.25) is 0 Å². The van der Waals surface area contributed by atoms with E-state index < -0.39 is 18.9 Å². The fraction of sp³-hybridized carbons (Fsp3) is 0.458. The molecule has 192 valence electrons. The predicted molar refractivity (Wildman–Crippen MR) is 133 cm³/mol. The molecule has 3 aliphatic rings. The van der Waals surface area contributed by atoms with E-state index in [2.05, 4.69) is 30.5 Å². The number of nitrogens with one attached hydrogen (secondary N) is 3. The highest BCUT2D eigenvalue weighted by Gasteiger charge is 2.37. The van der Waals surface area contributed by atoms with E-state index in [1.54, 1.807) is 19.4 Å². The van der Waals surface area contributed by atoms with Gasteiger partial charge in [-0.2, -0.15) is 13.2 Å². The molecule has 1 amide bonds. The van der Waals surface area contributed by atoms with Gasteiger partial charge in [0.25, 0.3) is 5.91 Å². The quantitative estimate of drug-likeness (QED) is 0.423. The van der Waals surface area contributed by atoms with Crippen LogP contribution >= 0.6 is 7.14 Å². The monoisotopic (exact) mass is 520 g/mol. The summed E-state index contributed by atoms with van der Waals surface area (Å²) in [5, 5.41) is 6.74. The zero-order chi connectivity index (χ0) is 25.7. The third kappa shape index (κ3) is 4.74. The van der Waals surface area contributed by atoms with Gasteiger partial charge in [0.15, 0.2) is 0 Å². The average molecular weight is 520 g/mol. The summed E-state index contributed by atoms with van der Waals surface area (Å²) in [6, 6.07) is 3.13. The fourth-order valence-corrected chi connectivity index (χ4v) is 6.64. The van der Waals surface area contributed by atoms with Crippen LogP contribution < -0.4 is 15.9 Å². The van der Waals surface area contributed by atoms with Gasteiger partial charge in [-0.05, 0) is 44.7 Å². The number of halogens is 3. The first-order valence-electron chi connectivity index (χ1n) is 11.9. The maximum atomic E-state index is 13.9. The van der Waals surface area contributed by atoms with Crippen molar-refractivity contribution >= 4 is 35.2 Å². The largest absolute Gasteiger partial charge is 0.419 e. The molecule has 5 heterocycles. The van der Waals surface area contributed by atoms with Crippen LogP contribution in [0.1, 0.15) is 28.8 Å². The van der Waals surface area contributed by atoms with Crippen LogP contribution in [-0.2, 0) is 10.7 Å². The van der Waals surface area contributed by atoms with Gasteiger partial charge < -0.3 is 25.1 Å². The number of benzene rings is 1. The maximum absolute atomic E-state index is 13.9. The van der Waals surface area contributed by atoms with Crippen molar-refractivity contribution in [3.05, 3.63) is 35.7 Å². The van der Waals surface area contributed by atoms with Crippen molar-refractivity contribution in [2.45, 2.75) is 19.0 Å². The predicted octanol–water partition coefficient (Wildman–Crippen LogP) is 3.76. The highest BCUT2D eigenvalue weighted by molar-refractivity contribution is 7.70. The molecule has 2 atom stereocenters. The maximum Gasteiger partial charge on any atom is 0.419 e. The SMILES string of the molecule is CP(C)(=O)c1c2ccc3c(c[nH]c13)-c1nc(ncc1C(F)(F)F)NCCN1CCC(CCNC2=O)C1. The molecule has 36 heavy (non-hydrogen) atoms. The minimum absolute atomic E-state index is 0.108. The Labute approximate surface area is 206 Å². The Balaban J connectivity index is 1.69. The normalized spacial score (nSPS) is 21.3. The zero-order valence-corrected chi connectivity index (χ0v) is 21.0. The topological polar surface area (TPSA) is 103 Å². The van der Waals surface area contributed by atoms with Crippen LogP contribution in [0.15, 0.2) is 24.5 Å². The van der Waals surface area contributed by atoms with Gasteiger partial charge >= 0.3 is 6.18 Å². The lowest BCUT2D eigenvalue weighted by molar-refractivity contribution is -0.137. The minimum atomic E-state index is -4.67. The van der Waals surface area contributed by atoms with Gasteiger partial charge in [0.05, 0.1) is 16.8 Å². The highest BCUT2D eigenvalue weighted by atomic mass is 31.2. The smallest absolute Gasteiger partial charge is 0.360 e. The van der Waals surface area contributed by atoms with Crippen molar-refractivity contribution in [3.8, 4) is 11.3 Å². The van der Waals surface area contributed by atoms with E-state index in [0.29, 0.717) is 41.8 Å². The van der Waals surface area contributed by atoms with Gasteiger partial charge in [0.1, 0.15) is 12.7 Å². The summed E-state index contributed by atoms with van der Waals surface area (Å²) in [6.07, 6.45) is -0.613. The number of anilines is 1. The van der Waals surface area contributed by atoms with Crippen molar-refractivity contribution in [1.82, 2.24) is 25.2 Å². The van der Waals surface area contributed by atoms with Crippen LogP contribution in [0.5, 0.6) is 0 Å². The molecule has 2 aromatic heterocycles. The number of rotatable bonds is 1. The second-order valence-electron chi connectivity index (χ2n) is 9.82. The second-order valence-corrected chi connectivity index (χ2v) is 13.0. The molecular formula is C24H28F3N6O2P. The summed E-state index contributed by atoms with van der Waals surface area (Å²) < 4.78 is 55.2. The van der Waals surface area contributed by atoms with E-state index in [9.17, 15) is 22.5 Å². The third-order valence-corrected chi connectivity index (χ3v) is 8.42. The molecule has 1 saturated heterocycles. The molecule has 1 aromatic carbocycles. The first-order chi connectivity index (χ1) is 17.0. The number of aromatic amines is 1. The van der Waals surface area contributed by atoms with Crippen LogP contribution in [0.4, 0.5) is 19.1 Å². The Hall–Kier alpha value is -2.91. The molecular weight excluding hydrogens is 492 g/mol. The number of carbonyl (C=O) groups is 1. The van der Waals surface area contributed by atoms with E-state index in [1.807, 2.05) is 0 Å². The van der Waals surface area contributed by atoms with E-state index in [0.717, 1.165) is 32.1 Å². The van der Waals surface area contributed by atoms with Gasteiger partial charge in [-0.1, -0.05) is 6.07 Å². The lowest BCUT2D eigenvalue weighted by Gasteiger charge is -2.18. The molecule has 0 spiro atoms. The molecule has 0 radical (unpaired) electrons. The molecule has 0 aliphatic carbocycles. The second kappa shape index (κ2) is 9.19. The lowest BCUT2D eigenvalue weighted by Crippen LogP contribution is -2.31. The number of hydrogen-bond acceptors (Lipinski definition) is 6. The lowest BCUT2D eigenvalue weighted by atomic mass is 10.0. The Bertz CT molecular complexity index is 1370. The van der Waals surface area contributed by atoms with Crippen LogP contribution in [0.25, 0.3) is 22.2 Å². The number of fused-ring (bicyclic) bond motifs is 6. The summed E-state index contributed by atoms with van der Waals surface area (Å²) >= 11 is 0. The molecule has 2 unspecified atom stereocenters. The van der Waals surface area contributed by atoms with Gasteiger partial charge in [0.2, 0.25) is 5.95 Å². The molecule has 1 fully saturated rings. The Morgan fingerprint density at radius 3 is 2.64 bits per heavy atom. The van der Waals surface area contributed by atoms with Gasteiger partial charge in [-0.15, -0.1) is 0 Å². The number of nitrogens with zero attached hydrogens (tertiary/aromatic N) is 3. The van der Waals surface area contributed by atoms with E-state index in [-0.39, 0.29) is 28.7 Å². The summed E-state index contributed by atoms with van der Waals surface area (Å²) in [5.74, 6) is 0.207. The Kier molecular flexibility index (Phi) is 6.32. The molecule has 6 rings (SSSR count). The molecule has 0 saturated carbocycles. The van der Waals surface area contributed by atoms with Crippen molar-refractivity contribution in [1.29, 1.82) is 0 Å². The summed E-state index contributed by atoms with van der Waals surface area (Å²) in [7, 11) is -3.01. The van der Waals surface area contributed by atoms with Gasteiger partial charge in [-0.3, -0.25) is 4.79 Å². The van der Waals surface area contributed by atoms with E-state index >= 15 is 0 Å². The van der Waals surface area contributed by atoms with E-state index in [1.165, 1.54) is 12.3 Å². The van der Waals surface area contributed by atoms with Crippen molar-refractivity contribution < 1.29 is 22.5 Å². The molecule has 12 heteroatoms. The number of H-pyrrole nitrogens is 1. The zero-order valence-electron chi connectivity index (χ0n) is 20.1. The Morgan fingerprint density at radius 2 is 1.89 bits per heavy atom. The number of aromatic nitrogens is 3. The first-order valence-corrected chi connectivity index (χ1v) is 14.5. The van der Waals surface area contributed by atoms with Crippen molar-refractivity contribution in [2.24, 2.45) is 5.92 Å². The molecule has 8 bridgehead atoms. The number of hydrogen-bond donors (Lipinski definition) is 3. The third-order valence-electron chi connectivity index (χ3n) is 6.88. The van der Waals surface area contributed by atoms with Gasteiger partial charge in [-0.25, -0.2) is 9.97 Å². The summed E-state index contributed by atoms with van der Waals surface area (Å²) in [6.45, 7) is 6.60. The minimum Gasteiger partial charge on any atom is -0.360 e. The average Bonchev–Trinajstić information content (AvgIpc) is 3.43. The molecule has 3 aliphatic heterocycles. The fourth-order valence-electron chi connectivity index (χ4n) is 5.16. The van der Waals surface area contributed by atoms with Crippen molar-refractivity contribution in [2.75, 3.05) is 51.4 Å². The van der Waals surface area contributed by atoms with Crippen LogP contribution in [0.3, 0.4) is 0 Å². The van der Waals surface area contributed by atoms with E-state index in [4.69, 9.17) is 0 Å². The van der Waals surface area contributed by atoms with Crippen LogP contribution in [0, 0.1) is 5.92 Å². The molecule has 8 nitrogen and oxygen atoms in total. The molecule has 3 aromatic rings. The van der Waals surface area contributed by atoms with Crippen LogP contribution in [-0.4, -0.2) is 71.8 Å². The molecule has 3 N–H and O–H groups in total. The summed E-state index contributed by atoms with van der Waals surface area (Å²) in [4.78, 5) is 26.6. The summed E-state index contributed by atoms with van der Waals surface area (Å²) in [5.41, 5.74) is -0.406. The van der Waals surface area contributed by atoms with Crippen molar-refractivity contribution in [3.63, 3.8) is 0 Å². The Morgan fingerprint density at radius 1 is 1.08 bits per heavy atom.